The minimum absolute atomic E-state index is 0.0967. The summed E-state index contributed by atoms with van der Waals surface area (Å²) in [7, 11) is 18.0. The molecule has 0 bridgehead atoms. The summed E-state index contributed by atoms with van der Waals surface area (Å²) in [5.74, 6) is -1.04. The van der Waals surface area contributed by atoms with Gasteiger partial charge in [-0.05, 0) is 64.2 Å². The fourth-order valence-corrected chi connectivity index (χ4v) is 6.12. The Labute approximate surface area is 230 Å². The number of nitrogens with zero attached hydrogens (tertiary/aromatic N) is 5. The first-order chi connectivity index (χ1) is 17.5. The van der Waals surface area contributed by atoms with E-state index in [0.717, 1.165) is 23.0 Å². The summed E-state index contributed by atoms with van der Waals surface area (Å²) in [5, 5.41) is 16.4. The van der Waals surface area contributed by atoms with Crippen molar-refractivity contribution < 1.29 is 13.9 Å². The second kappa shape index (κ2) is 9.59. The van der Waals surface area contributed by atoms with Gasteiger partial charge in [-0.1, -0.05) is 0 Å². The molecule has 0 aliphatic carbocycles. The van der Waals surface area contributed by atoms with Gasteiger partial charge in [-0.15, -0.1) is 5.10 Å². The van der Waals surface area contributed by atoms with Gasteiger partial charge in [-0.25, -0.2) is 13.5 Å². The number of rotatable bonds is 6. The van der Waals surface area contributed by atoms with Crippen LogP contribution in [0.25, 0.3) is 5.69 Å². The number of benzene rings is 2. The highest BCUT2D eigenvalue weighted by molar-refractivity contribution is 6.62. The number of aromatic nitrogens is 3. The van der Waals surface area contributed by atoms with Crippen molar-refractivity contribution in [3.05, 3.63) is 59.9 Å². The number of piperazine rings is 1. The molecule has 0 atom stereocenters. The lowest BCUT2D eigenvalue weighted by Crippen LogP contribution is -2.92. The topological polar surface area (TPSA) is 69.5 Å². The van der Waals surface area contributed by atoms with E-state index in [1.807, 2.05) is 6.07 Å². The summed E-state index contributed by atoms with van der Waals surface area (Å²) in [6, 6.07) is 9.53. The lowest BCUT2D eigenvalue weighted by atomic mass is 9.26. The van der Waals surface area contributed by atoms with E-state index in [-0.39, 0.29) is 33.6 Å². The van der Waals surface area contributed by atoms with E-state index in [2.05, 4.69) is 107 Å². The zero-order chi connectivity index (χ0) is 28.3. The molecule has 2 heterocycles. The maximum atomic E-state index is 13.7. The maximum absolute atomic E-state index is 13.7. The van der Waals surface area contributed by atoms with Gasteiger partial charge >= 0.3 is 0 Å². The van der Waals surface area contributed by atoms with Crippen LogP contribution in [0.3, 0.4) is 0 Å². The van der Waals surface area contributed by atoms with Crippen LogP contribution in [0.15, 0.2) is 42.7 Å². The first-order valence-corrected chi connectivity index (χ1v) is 13.0. The zero-order valence-electron chi connectivity index (χ0n) is 23.9. The molecule has 190 valence electrons. The Morgan fingerprint density at radius 3 is 1.95 bits per heavy atom. The number of nitrogens with one attached hydrogen (secondary N) is 1. The Morgan fingerprint density at radius 2 is 1.39 bits per heavy atom. The van der Waals surface area contributed by atoms with Crippen LogP contribution in [0.1, 0.15) is 5.56 Å². The normalized spacial score (nSPS) is 19.7. The van der Waals surface area contributed by atoms with Crippen LogP contribution < -0.4 is 10.2 Å². The molecule has 3 aromatic rings. The van der Waals surface area contributed by atoms with E-state index in [0.29, 0.717) is 12.5 Å². The van der Waals surface area contributed by atoms with Crippen molar-refractivity contribution in [1.29, 1.82) is 0 Å². The van der Waals surface area contributed by atoms with E-state index in [1.54, 1.807) is 0 Å². The summed E-state index contributed by atoms with van der Waals surface area (Å²) >= 11 is 0. The molecule has 1 aromatic heterocycles. The minimum Gasteiger partial charge on any atom is -0.395 e. The van der Waals surface area contributed by atoms with E-state index in [9.17, 15) is 13.9 Å². The van der Waals surface area contributed by atoms with Crippen molar-refractivity contribution >= 4 is 80.1 Å². The van der Waals surface area contributed by atoms with Crippen molar-refractivity contribution in [3.63, 3.8) is 0 Å². The van der Waals surface area contributed by atoms with Gasteiger partial charge in [0.25, 0.3) is 0 Å². The highest BCUT2D eigenvalue weighted by Gasteiger charge is 2.61. The summed E-state index contributed by atoms with van der Waals surface area (Å²) in [6.07, 6.45) is 1.42. The number of β-amino-alcohol motifs (C(OH)–C–C–N with tert-alkyl or cyclic N) is 1. The van der Waals surface area contributed by atoms with Crippen molar-refractivity contribution in [2.45, 2.75) is 28.3 Å². The average Bonchev–Trinajstić information content (AvgIpc) is 3.23. The predicted molar refractivity (Wildman–Crippen MR) is 171 cm³/mol. The molecule has 4 rings (SSSR count). The standard InChI is InChI=1S/C21H32B8F2N6O/c1-11-4-14(33-17-32-10-35(34-17)15-7-12(30)6-13(31)8-15)9-16(5-11)37-20(26,27)18(22,23)36(2-3-38)19(24,25)21(37,28)29/h4-10,38H,2-3,22-29H2,1H3,(H,33,34). The maximum Gasteiger partial charge on any atom is 0.246 e. The van der Waals surface area contributed by atoms with E-state index >= 15 is 0 Å². The van der Waals surface area contributed by atoms with E-state index < -0.39 is 11.6 Å². The Hall–Kier alpha value is -2.52. The number of aryl methyl sites for hydroxylation is 1. The third-order valence-corrected chi connectivity index (χ3v) is 8.97. The number of aliphatic hydroxyl groups excluding tert-OH is 1. The van der Waals surface area contributed by atoms with Gasteiger partial charge in [-0.2, -0.15) is 4.98 Å². The first kappa shape index (κ1) is 28.5. The van der Waals surface area contributed by atoms with Gasteiger partial charge in [0.2, 0.25) is 5.95 Å². The van der Waals surface area contributed by atoms with Crippen molar-refractivity contribution in [1.82, 2.24) is 19.7 Å². The van der Waals surface area contributed by atoms with Gasteiger partial charge in [0.1, 0.15) is 80.7 Å². The van der Waals surface area contributed by atoms with Crippen molar-refractivity contribution in [2.75, 3.05) is 23.4 Å². The fraction of sp³-hybridized carbons (Fsp3) is 0.333. The van der Waals surface area contributed by atoms with Crippen LogP contribution >= 0.6 is 0 Å². The summed E-state index contributed by atoms with van der Waals surface area (Å²) in [4.78, 5) is 9.23. The molecule has 7 nitrogen and oxygen atoms in total. The quantitative estimate of drug-likeness (QED) is 0.324. The van der Waals surface area contributed by atoms with Crippen LogP contribution in [0.4, 0.5) is 26.1 Å². The molecule has 0 unspecified atom stereocenters. The predicted octanol–water partition coefficient (Wildman–Crippen LogP) is -5.61. The van der Waals surface area contributed by atoms with Crippen LogP contribution in [-0.2, 0) is 0 Å². The first-order valence-electron chi connectivity index (χ1n) is 13.0. The van der Waals surface area contributed by atoms with Crippen molar-refractivity contribution in [3.8, 4) is 5.69 Å². The molecule has 38 heavy (non-hydrogen) atoms. The third-order valence-electron chi connectivity index (χ3n) is 8.97. The molecule has 1 saturated heterocycles. The summed E-state index contributed by atoms with van der Waals surface area (Å²) in [5.41, 5.74) is 3.18. The number of halogens is 2. The summed E-state index contributed by atoms with van der Waals surface area (Å²) < 4.78 is 28.7. The van der Waals surface area contributed by atoms with Crippen molar-refractivity contribution in [2.24, 2.45) is 0 Å². The lowest BCUT2D eigenvalue weighted by molar-refractivity contribution is 0.0837. The van der Waals surface area contributed by atoms with Gasteiger partial charge in [0.15, 0.2) is 0 Å². The molecule has 2 N–H and O–H groups in total. The average molecular weight is 509 g/mol. The monoisotopic (exact) mass is 510 g/mol. The smallest absolute Gasteiger partial charge is 0.246 e. The van der Waals surface area contributed by atoms with Gasteiger partial charge in [0.05, 0.1) is 12.3 Å². The molecule has 1 aliphatic heterocycles. The molecule has 0 spiro atoms. The SMILES string of the molecule is BC1(B)N(CCO)C(B)(B)C(B)(B)N(c2cc(C)cc(Nc3ncn(-c4cc(F)cc(F)c4)n3)c2)C1(B)B. The molecule has 17 heteroatoms. The molecule has 2 aromatic carbocycles. The molecule has 0 amide bonds. The molecule has 1 aliphatic rings. The zero-order valence-corrected chi connectivity index (χ0v) is 23.9. The minimum atomic E-state index is -0.677. The summed E-state index contributed by atoms with van der Waals surface area (Å²) in [6.45, 7) is 2.73. The Bertz CT molecular complexity index is 1310. The number of hydrogen-bond acceptors (Lipinski definition) is 6. The second-order valence-corrected chi connectivity index (χ2v) is 12.3. The van der Waals surface area contributed by atoms with Crippen LogP contribution in [0, 0.1) is 18.6 Å². The molecular weight excluding hydrogens is 477 g/mol. The van der Waals surface area contributed by atoms with Crippen LogP contribution in [0.5, 0.6) is 0 Å². The third kappa shape index (κ3) is 4.62. The van der Waals surface area contributed by atoms with Crippen LogP contribution in [-0.4, -0.2) is 122 Å². The second-order valence-electron chi connectivity index (χ2n) is 12.3. The molecule has 0 saturated carbocycles. The van der Waals surface area contributed by atoms with Gasteiger partial charge in [-0.3, -0.25) is 0 Å². The molecule has 1 fully saturated rings. The van der Waals surface area contributed by atoms with Gasteiger partial charge < -0.3 is 20.2 Å². The number of anilines is 3. The Kier molecular flexibility index (Phi) is 7.19. The lowest BCUT2D eigenvalue weighted by Gasteiger charge is -2.75. The number of hydrogen-bond donors (Lipinski definition) is 2. The highest BCUT2D eigenvalue weighted by atomic mass is 19.1. The fourth-order valence-electron chi connectivity index (χ4n) is 6.12. The largest absolute Gasteiger partial charge is 0.395 e. The number of aliphatic hydroxyl groups is 1. The molecular formula is C21H32B8F2N6O. The molecule has 0 radical (unpaired) electrons. The van der Waals surface area contributed by atoms with Gasteiger partial charge in [0, 0.05) is 24.0 Å². The Morgan fingerprint density at radius 1 is 0.816 bits per heavy atom. The Balaban J connectivity index is 1.73. The highest BCUT2D eigenvalue weighted by Crippen LogP contribution is 2.45. The van der Waals surface area contributed by atoms with E-state index in [4.69, 9.17) is 0 Å². The van der Waals surface area contributed by atoms with E-state index in [1.165, 1.54) is 23.1 Å². The van der Waals surface area contributed by atoms with Crippen LogP contribution in [0.2, 0.25) is 0 Å².